The fourth-order valence-corrected chi connectivity index (χ4v) is 2.31. The minimum absolute atomic E-state index is 0.105. The van der Waals surface area contributed by atoms with Crippen molar-refractivity contribution in [3.8, 4) is 0 Å². The third-order valence-corrected chi connectivity index (χ3v) is 3.14. The second-order valence-electron chi connectivity index (χ2n) is 4.40. The molecule has 1 unspecified atom stereocenters. The quantitative estimate of drug-likeness (QED) is 0.615. The Balaban J connectivity index is 2.26. The zero-order valence-electron chi connectivity index (χ0n) is 9.74. The van der Waals surface area contributed by atoms with Crippen LogP contribution in [0.4, 0.5) is 11.6 Å². The second-order valence-corrected chi connectivity index (χ2v) is 4.40. The van der Waals surface area contributed by atoms with Crippen molar-refractivity contribution in [2.45, 2.75) is 12.8 Å². The van der Waals surface area contributed by atoms with E-state index in [1.54, 1.807) is 11.6 Å². The van der Waals surface area contributed by atoms with E-state index < -0.39 is 4.92 Å². The van der Waals surface area contributed by atoms with Crippen LogP contribution in [0, 0.1) is 16.0 Å². The van der Waals surface area contributed by atoms with E-state index >= 15 is 0 Å². The first-order valence-electron chi connectivity index (χ1n) is 5.65. The van der Waals surface area contributed by atoms with Crippen molar-refractivity contribution in [3.05, 3.63) is 16.4 Å². The van der Waals surface area contributed by atoms with Crippen LogP contribution in [0.1, 0.15) is 12.8 Å². The van der Waals surface area contributed by atoms with Gasteiger partial charge in [-0.3, -0.25) is 4.57 Å². The van der Waals surface area contributed by atoms with Gasteiger partial charge in [-0.15, -0.1) is 0 Å². The minimum Gasteiger partial charge on any atom is -0.396 e. The molecule has 2 heterocycles. The Kier molecular flexibility index (Phi) is 3.28. The van der Waals surface area contributed by atoms with E-state index in [9.17, 15) is 15.2 Å². The predicted octanol–water partition coefficient (Wildman–Crippen LogP) is 0.537. The number of anilines is 1. The molecule has 2 rings (SSSR count). The molecule has 0 aromatic carbocycles. The van der Waals surface area contributed by atoms with E-state index in [0.717, 1.165) is 19.4 Å². The molecule has 1 aromatic heterocycles. The van der Waals surface area contributed by atoms with Crippen LogP contribution in [-0.4, -0.2) is 39.3 Å². The normalized spacial score (nSPS) is 20.6. The molecule has 0 saturated carbocycles. The van der Waals surface area contributed by atoms with Crippen LogP contribution in [0.3, 0.4) is 0 Å². The molecule has 0 amide bonds. The maximum Gasteiger partial charge on any atom is 0.406 e. The SMILES string of the molecule is Cn1cnc([N+](=O)[O-])c1N1CCCC(CO)C1. The monoisotopic (exact) mass is 240 g/mol. The maximum atomic E-state index is 10.9. The second kappa shape index (κ2) is 4.70. The van der Waals surface area contributed by atoms with Crippen LogP contribution in [0.25, 0.3) is 0 Å². The molecule has 1 aromatic rings. The van der Waals surface area contributed by atoms with E-state index in [1.165, 1.54) is 6.33 Å². The Hall–Kier alpha value is -1.63. The first-order valence-corrected chi connectivity index (χ1v) is 5.65. The number of piperidine rings is 1. The Morgan fingerprint density at radius 2 is 2.47 bits per heavy atom. The number of rotatable bonds is 3. The van der Waals surface area contributed by atoms with E-state index in [-0.39, 0.29) is 18.3 Å². The summed E-state index contributed by atoms with van der Waals surface area (Å²) in [5.74, 6) is 0.623. The average Bonchev–Trinajstić information content (AvgIpc) is 2.71. The lowest BCUT2D eigenvalue weighted by atomic mass is 9.99. The highest BCUT2D eigenvalue weighted by molar-refractivity contribution is 5.54. The molecule has 1 fully saturated rings. The standard InChI is InChI=1S/C10H16N4O3/c1-12-7-11-9(14(16)17)10(12)13-4-2-3-8(5-13)6-15/h7-8,15H,2-6H2,1H3. The highest BCUT2D eigenvalue weighted by Gasteiger charge is 2.29. The van der Waals surface area contributed by atoms with Gasteiger partial charge < -0.3 is 20.1 Å². The number of aryl methyl sites for hydroxylation is 1. The predicted molar refractivity (Wildman–Crippen MR) is 61.9 cm³/mol. The first kappa shape index (κ1) is 11.8. The van der Waals surface area contributed by atoms with Gasteiger partial charge in [-0.1, -0.05) is 0 Å². The largest absolute Gasteiger partial charge is 0.406 e. The molecule has 94 valence electrons. The van der Waals surface area contributed by atoms with Gasteiger partial charge in [0.05, 0.1) is 0 Å². The van der Waals surface area contributed by atoms with Crippen LogP contribution < -0.4 is 4.90 Å². The molecule has 1 aliphatic rings. The average molecular weight is 240 g/mol. The summed E-state index contributed by atoms with van der Waals surface area (Å²) in [6.07, 6.45) is 3.36. The van der Waals surface area contributed by atoms with Gasteiger partial charge in [-0.2, -0.15) is 0 Å². The number of hydrogen-bond acceptors (Lipinski definition) is 5. The highest BCUT2D eigenvalue weighted by Crippen LogP contribution is 2.29. The lowest BCUT2D eigenvalue weighted by Crippen LogP contribution is -2.38. The van der Waals surface area contributed by atoms with Gasteiger partial charge in [0.2, 0.25) is 12.1 Å². The number of aliphatic hydroxyl groups excluding tert-OH is 1. The summed E-state index contributed by atoms with van der Waals surface area (Å²) in [7, 11) is 1.75. The number of nitro groups is 1. The molecular weight excluding hydrogens is 224 g/mol. The minimum atomic E-state index is -0.460. The van der Waals surface area contributed by atoms with Crippen LogP contribution in [0.5, 0.6) is 0 Å². The van der Waals surface area contributed by atoms with Crippen LogP contribution >= 0.6 is 0 Å². The first-order chi connectivity index (χ1) is 8.13. The van der Waals surface area contributed by atoms with Gasteiger partial charge in [-0.05, 0) is 28.7 Å². The highest BCUT2D eigenvalue weighted by atomic mass is 16.6. The van der Waals surface area contributed by atoms with Crippen molar-refractivity contribution in [2.24, 2.45) is 13.0 Å². The molecule has 1 N–H and O–H groups in total. The van der Waals surface area contributed by atoms with Gasteiger partial charge >= 0.3 is 5.82 Å². The summed E-state index contributed by atoms with van der Waals surface area (Å²) in [4.78, 5) is 16.2. The summed E-state index contributed by atoms with van der Waals surface area (Å²) in [6, 6.07) is 0. The molecule has 1 aliphatic heterocycles. The molecule has 1 saturated heterocycles. The maximum absolute atomic E-state index is 10.9. The number of aromatic nitrogens is 2. The summed E-state index contributed by atoms with van der Waals surface area (Å²) in [5.41, 5.74) is 0. The smallest absolute Gasteiger partial charge is 0.396 e. The van der Waals surface area contributed by atoms with Gasteiger partial charge in [0.15, 0.2) is 0 Å². The Morgan fingerprint density at radius 1 is 1.71 bits per heavy atom. The molecular formula is C10H16N4O3. The fraction of sp³-hybridized carbons (Fsp3) is 0.700. The van der Waals surface area contributed by atoms with Gasteiger partial charge in [0.25, 0.3) is 0 Å². The van der Waals surface area contributed by atoms with Gasteiger partial charge in [0, 0.05) is 26.7 Å². The Labute approximate surface area is 98.8 Å². The van der Waals surface area contributed by atoms with Crippen molar-refractivity contribution in [3.63, 3.8) is 0 Å². The zero-order valence-corrected chi connectivity index (χ0v) is 9.74. The lowest BCUT2D eigenvalue weighted by molar-refractivity contribution is -0.388. The number of imidazole rings is 1. The van der Waals surface area contributed by atoms with Gasteiger partial charge in [0.1, 0.15) is 0 Å². The third-order valence-electron chi connectivity index (χ3n) is 3.14. The number of aliphatic hydroxyl groups is 1. The molecule has 0 bridgehead atoms. The van der Waals surface area contributed by atoms with E-state index in [2.05, 4.69) is 4.98 Å². The molecule has 0 aliphatic carbocycles. The van der Waals surface area contributed by atoms with Gasteiger partial charge in [-0.25, -0.2) is 0 Å². The zero-order chi connectivity index (χ0) is 12.4. The summed E-state index contributed by atoms with van der Waals surface area (Å²) < 4.78 is 1.66. The molecule has 0 radical (unpaired) electrons. The molecule has 7 heteroatoms. The lowest BCUT2D eigenvalue weighted by Gasteiger charge is -2.32. The van der Waals surface area contributed by atoms with Crippen molar-refractivity contribution in [1.82, 2.24) is 9.55 Å². The van der Waals surface area contributed by atoms with Crippen LogP contribution in [0.2, 0.25) is 0 Å². The topological polar surface area (TPSA) is 84.4 Å². The van der Waals surface area contributed by atoms with E-state index in [4.69, 9.17) is 0 Å². The van der Waals surface area contributed by atoms with E-state index in [0.29, 0.717) is 12.4 Å². The summed E-state index contributed by atoms with van der Waals surface area (Å²) >= 11 is 0. The van der Waals surface area contributed by atoms with Crippen molar-refractivity contribution in [1.29, 1.82) is 0 Å². The van der Waals surface area contributed by atoms with Crippen molar-refractivity contribution in [2.75, 3.05) is 24.6 Å². The van der Waals surface area contributed by atoms with Crippen LogP contribution in [-0.2, 0) is 7.05 Å². The third kappa shape index (κ3) is 2.23. The Bertz CT molecular complexity index is 418. The van der Waals surface area contributed by atoms with E-state index in [1.807, 2.05) is 4.90 Å². The van der Waals surface area contributed by atoms with Crippen molar-refractivity contribution < 1.29 is 10.0 Å². The Morgan fingerprint density at radius 3 is 3.12 bits per heavy atom. The summed E-state index contributed by atoms with van der Waals surface area (Å²) in [5, 5.41) is 20.1. The van der Waals surface area contributed by atoms with Crippen LogP contribution in [0.15, 0.2) is 6.33 Å². The summed E-state index contributed by atoms with van der Waals surface area (Å²) in [6.45, 7) is 1.55. The molecule has 7 nitrogen and oxygen atoms in total. The van der Waals surface area contributed by atoms with Crippen molar-refractivity contribution >= 4 is 11.6 Å². The number of nitrogens with zero attached hydrogens (tertiary/aromatic N) is 4. The molecule has 1 atom stereocenters. The number of hydrogen-bond donors (Lipinski definition) is 1. The fourth-order valence-electron chi connectivity index (χ4n) is 2.31. The molecule has 17 heavy (non-hydrogen) atoms. The molecule has 0 spiro atoms.